The molecule has 6 heteroatoms. The third-order valence-corrected chi connectivity index (χ3v) is 4.96. The van der Waals surface area contributed by atoms with E-state index in [-0.39, 0.29) is 36.2 Å². The van der Waals surface area contributed by atoms with Crippen LogP contribution in [0.3, 0.4) is 0 Å². The molecule has 1 N–H and O–H groups in total. The monoisotopic (exact) mass is 348 g/mol. The minimum atomic E-state index is -0.271. The van der Waals surface area contributed by atoms with E-state index in [0.29, 0.717) is 31.7 Å². The molecule has 2 heterocycles. The Bertz CT molecular complexity index is 608. The number of nitrogens with zero attached hydrogens (tertiary/aromatic N) is 1. The van der Waals surface area contributed by atoms with Crippen LogP contribution in [0.5, 0.6) is 0 Å². The first-order valence-electron chi connectivity index (χ1n) is 9.06. The summed E-state index contributed by atoms with van der Waals surface area (Å²) in [4.78, 5) is 26.2. The van der Waals surface area contributed by atoms with Gasteiger partial charge in [-0.15, -0.1) is 0 Å². The van der Waals surface area contributed by atoms with Gasteiger partial charge >= 0.3 is 0 Å². The number of rotatable bonds is 5. The van der Waals surface area contributed by atoms with E-state index in [1.165, 1.54) is 6.07 Å². The Kier molecular flexibility index (Phi) is 6.02. The number of aryl methyl sites for hydroxylation is 1. The third kappa shape index (κ3) is 4.78. The van der Waals surface area contributed by atoms with Crippen molar-refractivity contribution < 1.29 is 18.7 Å². The predicted octanol–water partition coefficient (Wildman–Crippen LogP) is 2.04. The van der Waals surface area contributed by atoms with E-state index in [1.54, 1.807) is 18.2 Å². The first-order valence-corrected chi connectivity index (χ1v) is 9.06. The minimum Gasteiger partial charge on any atom is -0.368 e. The molecule has 5 nitrogen and oxygen atoms in total. The summed E-state index contributed by atoms with van der Waals surface area (Å²) in [7, 11) is 0. The van der Waals surface area contributed by atoms with Gasteiger partial charge in [0.25, 0.3) is 5.91 Å². The van der Waals surface area contributed by atoms with Crippen molar-refractivity contribution in [3.63, 3.8) is 0 Å². The van der Waals surface area contributed by atoms with Crippen molar-refractivity contribution >= 4 is 11.8 Å². The molecule has 1 aromatic carbocycles. The molecular weight excluding hydrogens is 323 g/mol. The molecule has 1 aromatic rings. The summed E-state index contributed by atoms with van der Waals surface area (Å²) in [5.74, 6) is -0.245. The fourth-order valence-corrected chi connectivity index (χ4v) is 3.47. The summed E-state index contributed by atoms with van der Waals surface area (Å²) in [6.45, 7) is 1.97. The van der Waals surface area contributed by atoms with Gasteiger partial charge in [-0.05, 0) is 43.7 Å². The quantitative estimate of drug-likeness (QED) is 0.886. The van der Waals surface area contributed by atoms with E-state index in [2.05, 4.69) is 5.32 Å². The Labute approximate surface area is 147 Å². The van der Waals surface area contributed by atoms with Crippen LogP contribution in [0.1, 0.15) is 37.7 Å². The van der Waals surface area contributed by atoms with Crippen molar-refractivity contribution in [3.05, 3.63) is 35.6 Å². The standard InChI is InChI=1S/C19H25FN2O3/c20-16-5-2-1-4-14(16)7-8-18(23)21-15-9-11-22(12-10-15)19(24)17-6-3-13-25-17/h1-2,4-5,15,17H,3,6-13H2,(H,21,23). The molecule has 2 aliphatic rings. The SMILES string of the molecule is O=C(CCc1ccccc1F)NC1CCN(C(=O)C2CCCO2)CC1. The van der Waals surface area contributed by atoms with Gasteiger partial charge in [0.05, 0.1) is 0 Å². The predicted molar refractivity (Wildman–Crippen MR) is 91.4 cm³/mol. The topological polar surface area (TPSA) is 58.6 Å². The summed E-state index contributed by atoms with van der Waals surface area (Å²) < 4.78 is 19.0. The molecule has 1 unspecified atom stereocenters. The van der Waals surface area contributed by atoms with Gasteiger partial charge in [0.2, 0.25) is 5.91 Å². The maximum Gasteiger partial charge on any atom is 0.251 e. The molecule has 0 radical (unpaired) electrons. The van der Waals surface area contributed by atoms with Gasteiger partial charge in [-0.1, -0.05) is 18.2 Å². The minimum absolute atomic E-state index is 0.0628. The molecule has 2 amide bonds. The average Bonchev–Trinajstić information content (AvgIpc) is 3.16. The molecule has 2 fully saturated rings. The molecule has 0 aromatic heterocycles. The summed E-state index contributed by atoms with van der Waals surface area (Å²) in [6.07, 6.45) is 3.67. The molecule has 136 valence electrons. The Hall–Kier alpha value is -1.95. The van der Waals surface area contributed by atoms with Crippen LogP contribution in [0.15, 0.2) is 24.3 Å². The molecule has 0 spiro atoms. The van der Waals surface area contributed by atoms with Crippen molar-refractivity contribution in [3.8, 4) is 0 Å². The lowest BCUT2D eigenvalue weighted by atomic mass is 10.0. The van der Waals surface area contributed by atoms with Gasteiger partial charge in [0.15, 0.2) is 0 Å². The highest BCUT2D eigenvalue weighted by Crippen LogP contribution is 2.18. The average molecular weight is 348 g/mol. The highest BCUT2D eigenvalue weighted by Gasteiger charge is 2.31. The Balaban J connectivity index is 1.39. The maximum absolute atomic E-state index is 13.6. The van der Waals surface area contributed by atoms with Crippen LogP contribution in [0.2, 0.25) is 0 Å². The lowest BCUT2D eigenvalue weighted by Gasteiger charge is -2.33. The first-order chi connectivity index (χ1) is 12.1. The van der Waals surface area contributed by atoms with Crippen LogP contribution in [-0.4, -0.2) is 48.6 Å². The van der Waals surface area contributed by atoms with E-state index in [0.717, 1.165) is 25.7 Å². The van der Waals surface area contributed by atoms with Gasteiger partial charge in [-0.25, -0.2) is 4.39 Å². The lowest BCUT2D eigenvalue weighted by molar-refractivity contribution is -0.142. The smallest absolute Gasteiger partial charge is 0.251 e. The number of hydrogen-bond acceptors (Lipinski definition) is 3. The number of nitrogens with one attached hydrogen (secondary N) is 1. The second kappa shape index (κ2) is 8.43. The van der Waals surface area contributed by atoms with Crippen LogP contribution < -0.4 is 5.32 Å². The van der Waals surface area contributed by atoms with E-state index >= 15 is 0 Å². The Morgan fingerprint density at radius 1 is 1.20 bits per heavy atom. The molecule has 0 bridgehead atoms. The third-order valence-electron chi connectivity index (χ3n) is 4.96. The molecule has 3 rings (SSSR count). The number of amides is 2. The zero-order valence-electron chi connectivity index (χ0n) is 14.4. The van der Waals surface area contributed by atoms with Crippen LogP contribution in [-0.2, 0) is 20.7 Å². The van der Waals surface area contributed by atoms with Gasteiger partial charge in [0, 0.05) is 32.2 Å². The first kappa shape index (κ1) is 17.9. The number of piperidine rings is 1. The Morgan fingerprint density at radius 3 is 2.64 bits per heavy atom. The van der Waals surface area contributed by atoms with Gasteiger partial charge in [-0.2, -0.15) is 0 Å². The number of likely N-dealkylation sites (tertiary alicyclic amines) is 1. The molecule has 2 saturated heterocycles. The zero-order chi connectivity index (χ0) is 17.6. The molecule has 1 atom stereocenters. The van der Waals surface area contributed by atoms with Crippen molar-refractivity contribution in [2.45, 2.75) is 50.7 Å². The lowest BCUT2D eigenvalue weighted by Crippen LogP contribution is -2.49. The number of halogens is 1. The van der Waals surface area contributed by atoms with Gasteiger partial charge in [-0.3, -0.25) is 9.59 Å². The number of ether oxygens (including phenoxy) is 1. The van der Waals surface area contributed by atoms with Crippen molar-refractivity contribution in [1.82, 2.24) is 10.2 Å². The normalized spacial score (nSPS) is 21.3. The van der Waals surface area contributed by atoms with Crippen molar-refractivity contribution in [2.24, 2.45) is 0 Å². The van der Waals surface area contributed by atoms with E-state index < -0.39 is 0 Å². The molecule has 2 aliphatic heterocycles. The highest BCUT2D eigenvalue weighted by molar-refractivity contribution is 5.81. The number of hydrogen-bond donors (Lipinski definition) is 1. The van der Waals surface area contributed by atoms with Gasteiger partial charge in [0.1, 0.15) is 11.9 Å². The van der Waals surface area contributed by atoms with Crippen LogP contribution >= 0.6 is 0 Å². The molecule has 0 saturated carbocycles. The summed E-state index contributed by atoms with van der Waals surface area (Å²) >= 11 is 0. The van der Waals surface area contributed by atoms with E-state index in [4.69, 9.17) is 4.74 Å². The second-order valence-corrected chi connectivity index (χ2v) is 6.76. The fraction of sp³-hybridized carbons (Fsp3) is 0.579. The maximum atomic E-state index is 13.6. The summed E-state index contributed by atoms with van der Waals surface area (Å²) in [6, 6.07) is 6.62. The van der Waals surface area contributed by atoms with Gasteiger partial charge < -0.3 is 15.0 Å². The zero-order valence-corrected chi connectivity index (χ0v) is 14.4. The largest absolute Gasteiger partial charge is 0.368 e. The molecular formula is C19H25FN2O3. The number of carbonyl (C=O) groups is 2. The Morgan fingerprint density at radius 2 is 1.96 bits per heavy atom. The highest BCUT2D eigenvalue weighted by atomic mass is 19.1. The summed E-state index contributed by atoms with van der Waals surface area (Å²) in [5, 5.41) is 3.01. The van der Waals surface area contributed by atoms with Crippen molar-refractivity contribution in [2.75, 3.05) is 19.7 Å². The van der Waals surface area contributed by atoms with Crippen LogP contribution in [0, 0.1) is 5.82 Å². The van der Waals surface area contributed by atoms with E-state index in [1.807, 2.05) is 4.90 Å². The second-order valence-electron chi connectivity index (χ2n) is 6.76. The van der Waals surface area contributed by atoms with E-state index in [9.17, 15) is 14.0 Å². The number of benzene rings is 1. The van der Waals surface area contributed by atoms with Crippen LogP contribution in [0.4, 0.5) is 4.39 Å². The summed E-state index contributed by atoms with van der Waals surface area (Å²) in [5.41, 5.74) is 0.564. The fourth-order valence-electron chi connectivity index (χ4n) is 3.47. The number of carbonyl (C=O) groups excluding carboxylic acids is 2. The van der Waals surface area contributed by atoms with Crippen LogP contribution in [0.25, 0.3) is 0 Å². The molecule has 25 heavy (non-hydrogen) atoms. The molecule has 0 aliphatic carbocycles. The van der Waals surface area contributed by atoms with Crippen molar-refractivity contribution in [1.29, 1.82) is 0 Å².